The first-order valence-corrected chi connectivity index (χ1v) is 9.29. The van der Waals surface area contributed by atoms with Gasteiger partial charge in [-0.05, 0) is 51.6 Å². The maximum Gasteiger partial charge on any atom is 0.0492 e. The molecule has 6 nitrogen and oxygen atoms in total. The third kappa shape index (κ3) is 4.02. The van der Waals surface area contributed by atoms with Crippen molar-refractivity contribution >= 4 is 19.1 Å². The minimum absolute atomic E-state index is 0.612. The number of nitrogens with zero attached hydrogens (tertiary/aromatic N) is 4. The lowest BCUT2D eigenvalue weighted by Crippen LogP contribution is -2.46. The van der Waals surface area contributed by atoms with Crippen molar-refractivity contribution in [2.75, 3.05) is 26.2 Å². The molecule has 3 aliphatic rings. The molecule has 0 aromatic rings. The van der Waals surface area contributed by atoms with Crippen LogP contribution in [0.4, 0.5) is 0 Å². The summed E-state index contributed by atoms with van der Waals surface area (Å²) in [6.45, 7) is 12.3. The molecule has 0 aliphatic carbocycles. The lowest BCUT2D eigenvalue weighted by Gasteiger charge is -2.40. The predicted molar refractivity (Wildman–Crippen MR) is 109 cm³/mol. The van der Waals surface area contributed by atoms with E-state index in [-0.39, 0.29) is 0 Å². The Labute approximate surface area is 155 Å². The van der Waals surface area contributed by atoms with Gasteiger partial charge >= 0.3 is 0 Å². The number of hydrazone groups is 1. The van der Waals surface area contributed by atoms with E-state index in [1.165, 1.54) is 45.0 Å². The van der Waals surface area contributed by atoms with Crippen molar-refractivity contribution in [3.8, 4) is 0 Å². The molecule has 3 heterocycles. The number of hydrogen-bond acceptors (Lipinski definition) is 6. The van der Waals surface area contributed by atoms with Crippen LogP contribution in [-0.2, 0) is 0 Å². The van der Waals surface area contributed by atoms with Crippen molar-refractivity contribution in [1.82, 2.24) is 15.2 Å². The Morgan fingerprint density at radius 2 is 2.12 bits per heavy atom. The van der Waals surface area contributed by atoms with Crippen molar-refractivity contribution in [2.45, 2.75) is 31.7 Å². The van der Waals surface area contributed by atoms with Crippen molar-refractivity contribution in [1.29, 1.82) is 5.41 Å². The first kappa shape index (κ1) is 18.3. The zero-order valence-electron chi connectivity index (χ0n) is 15.3. The zero-order chi connectivity index (χ0) is 18.4. The molecule has 1 unspecified atom stereocenters. The van der Waals surface area contributed by atoms with Crippen LogP contribution in [-0.4, -0.2) is 61.2 Å². The zero-order valence-corrected chi connectivity index (χ0v) is 15.3. The second-order valence-corrected chi connectivity index (χ2v) is 6.89. The maximum absolute atomic E-state index is 7.70. The van der Waals surface area contributed by atoms with Gasteiger partial charge < -0.3 is 10.3 Å². The van der Waals surface area contributed by atoms with Gasteiger partial charge in [0.1, 0.15) is 0 Å². The van der Waals surface area contributed by atoms with Crippen LogP contribution in [0, 0.1) is 5.41 Å². The number of aliphatic imine (C=N–C) groups is 1. The average Bonchev–Trinajstić information content (AvgIpc) is 3.19. The quantitative estimate of drug-likeness (QED) is 0.748. The number of rotatable bonds is 5. The summed E-state index contributed by atoms with van der Waals surface area (Å²) < 4.78 is 0. The van der Waals surface area contributed by atoms with Crippen LogP contribution in [0.5, 0.6) is 0 Å². The van der Waals surface area contributed by atoms with Gasteiger partial charge in [0.15, 0.2) is 0 Å². The Bertz CT molecular complexity index is 678. The lowest BCUT2D eigenvalue weighted by molar-refractivity contribution is 0.139. The Hall–Kier alpha value is -2.47. The highest BCUT2D eigenvalue weighted by Gasteiger charge is 2.29. The molecule has 0 spiro atoms. The minimum atomic E-state index is 0.612. The molecule has 1 atom stereocenters. The van der Waals surface area contributed by atoms with E-state index in [1.54, 1.807) is 18.6 Å². The normalized spacial score (nSPS) is 30.3. The van der Waals surface area contributed by atoms with E-state index in [4.69, 9.17) is 5.41 Å². The van der Waals surface area contributed by atoms with E-state index in [2.05, 4.69) is 38.6 Å². The molecule has 0 radical (unpaired) electrons. The second-order valence-electron chi connectivity index (χ2n) is 6.89. The summed E-state index contributed by atoms with van der Waals surface area (Å²) in [5.74, 6) is 0. The van der Waals surface area contributed by atoms with Crippen LogP contribution in [0.25, 0.3) is 0 Å². The Morgan fingerprint density at radius 1 is 1.31 bits per heavy atom. The van der Waals surface area contributed by atoms with E-state index in [1.807, 2.05) is 6.08 Å². The first-order chi connectivity index (χ1) is 12.7. The molecule has 0 amide bonds. The number of hydrogen-bond donors (Lipinski definition) is 2. The molecule has 2 N–H and O–H groups in total. The number of likely N-dealkylation sites (tertiary alicyclic amines) is 2. The average molecular weight is 352 g/mol. The van der Waals surface area contributed by atoms with Crippen LogP contribution in [0.3, 0.4) is 0 Å². The third-order valence-electron chi connectivity index (χ3n) is 5.32. The van der Waals surface area contributed by atoms with Gasteiger partial charge in [0.25, 0.3) is 0 Å². The van der Waals surface area contributed by atoms with Gasteiger partial charge in [0.05, 0.1) is 0 Å². The fourth-order valence-corrected chi connectivity index (χ4v) is 3.99. The van der Waals surface area contributed by atoms with Crippen LogP contribution < -0.4 is 5.43 Å². The summed E-state index contributed by atoms with van der Waals surface area (Å²) in [6.07, 6.45) is 13.5. The van der Waals surface area contributed by atoms with Gasteiger partial charge in [-0.25, -0.2) is 0 Å². The Morgan fingerprint density at radius 3 is 2.85 bits per heavy atom. The Kier molecular flexibility index (Phi) is 6.17. The molecule has 0 aromatic heterocycles. The molecule has 0 bridgehead atoms. The predicted octanol–water partition coefficient (Wildman–Crippen LogP) is 2.69. The van der Waals surface area contributed by atoms with Gasteiger partial charge in [-0.2, -0.15) is 5.10 Å². The van der Waals surface area contributed by atoms with Crippen molar-refractivity contribution in [2.24, 2.45) is 10.1 Å². The Balaban J connectivity index is 1.83. The summed E-state index contributed by atoms with van der Waals surface area (Å²) in [6, 6.07) is 0.612. The van der Waals surface area contributed by atoms with Crippen LogP contribution in [0.15, 0.2) is 57.6 Å². The van der Waals surface area contributed by atoms with Gasteiger partial charge in [-0.1, -0.05) is 6.58 Å². The smallest absolute Gasteiger partial charge is 0.0492 e. The van der Waals surface area contributed by atoms with Crippen molar-refractivity contribution < 1.29 is 0 Å². The molecular weight excluding hydrogens is 324 g/mol. The largest absolute Gasteiger partial charge is 0.369 e. The van der Waals surface area contributed by atoms with Crippen LogP contribution in [0.1, 0.15) is 25.7 Å². The first-order valence-electron chi connectivity index (χ1n) is 9.29. The highest BCUT2D eigenvalue weighted by molar-refractivity contribution is 5.86. The van der Waals surface area contributed by atoms with Gasteiger partial charge in [0.2, 0.25) is 0 Å². The van der Waals surface area contributed by atoms with E-state index in [0.717, 1.165) is 29.9 Å². The summed E-state index contributed by atoms with van der Waals surface area (Å²) in [5, 5.41) is 11.9. The topological polar surface area (TPSA) is 67.1 Å². The van der Waals surface area contributed by atoms with Crippen LogP contribution in [0.2, 0.25) is 0 Å². The summed E-state index contributed by atoms with van der Waals surface area (Å²) in [5.41, 5.74) is 6.32. The maximum atomic E-state index is 7.70. The number of nitrogens with one attached hydrogen (secondary N) is 2. The molecule has 0 saturated carbocycles. The monoisotopic (exact) mass is 352 g/mol. The fraction of sp³-hybridized carbons (Fsp3) is 0.450. The second kappa shape index (κ2) is 8.76. The standard InChI is InChI=1S/C20H28N6/c1-16-19(17(12-21)13-22-2)14-24-23-8-7-20(16)26-11-5-6-18(15-26)25-9-3-4-10-25/h7-8,12-14,18,21,24H,1-6,9-11,15H2/b17-13+,19-14+,20-7+,21-12?,23-8-. The molecule has 138 valence electrons. The third-order valence-corrected chi connectivity index (χ3v) is 5.32. The number of piperidine rings is 1. The summed E-state index contributed by atoms with van der Waals surface area (Å²) in [4.78, 5) is 8.88. The highest BCUT2D eigenvalue weighted by Crippen LogP contribution is 2.30. The van der Waals surface area contributed by atoms with Crippen molar-refractivity contribution in [3.63, 3.8) is 0 Å². The molecule has 3 aliphatic heterocycles. The lowest BCUT2D eigenvalue weighted by atomic mass is 9.95. The van der Waals surface area contributed by atoms with E-state index < -0.39 is 0 Å². The van der Waals surface area contributed by atoms with Gasteiger partial charge in [-0.3, -0.25) is 15.3 Å². The number of allylic oxidation sites excluding steroid dienone is 3. The summed E-state index contributed by atoms with van der Waals surface area (Å²) >= 11 is 0. The molecular formula is C20H28N6. The van der Waals surface area contributed by atoms with E-state index >= 15 is 0 Å². The SMILES string of the molecule is C=N/C=C(C=N)/C1=C/N/N=C\C=C(\N2CCCC(N3CCCC3)C2)C1=C. The molecule has 2 fully saturated rings. The van der Waals surface area contributed by atoms with Gasteiger partial charge in [-0.15, -0.1) is 0 Å². The van der Waals surface area contributed by atoms with E-state index in [9.17, 15) is 0 Å². The molecule has 6 heteroatoms. The molecule has 26 heavy (non-hydrogen) atoms. The van der Waals surface area contributed by atoms with Crippen LogP contribution >= 0.6 is 0 Å². The van der Waals surface area contributed by atoms with Crippen molar-refractivity contribution in [3.05, 3.63) is 47.5 Å². The minimum Gasteiger partial charge on any atom is -0.369 e. The molecule has 0 aromatic carbocycles. The summed E-state index contributed by atoms with van der Waals surface area (Å²) in [7, 11) is 0. The van der Waals surface area contributed by atoms with Gasteiger partial charge in [0, 0.05) is 66.4 Å². The fourth-order valence-electron chi connectivity index (χ4n) is 3.99. The van der Waals surface area contributed by atoms with E-state index in [0.29, 0.717) is 11.6 Å². The molecule has 2 saturated heterocycles. The highest BCUT2D eigenvalue weighted by atomic mass is 15.3. The molecule has 3 rings (SSSR count).